The lowest BCUT2D eigenvalue weighted by Gasteiger charge is -2.05. The van der Waals surface area contributed by atoms with Crippen LogP contribution in [0.5, 0.6) is 5.75 Å². The van der Waals surface area contributed by atoms with E-state index in [2.05, 4.69) is 20.7 Å². The van der Waals surface area contributed by atoms with Crippen molar-refractivity contribution in [3.63, 3.8) is 0 Å². The van der Waals surface area contributed by atoms with Crippen LogP contribution in [-0.4, -0.2) is 18.2 Å². The fraction of sp³-hybridized carbons (Fsp3) is 0.222. The molecule has 76 valence electrons. The summed E-state index contributed by atoms with van der Waals surface area (Å²) in [5.74, 6) is -1.32. The molecule has 0 heterocycles. The summed E-state index contributed by atoms with van der Waals surface area (Å²) in [5, 5.41) is 9.34. The molecular weight excluding hydrogens is 255 g/mol. The second-order valence-corrected chi connectivity index (χ2v) is 3.49. The van der Waals surface area contributed by atoms with Crippen molar-refractivity contribution in [1.29, 1.82) is 0 Å². The van der Waals surface area contributed by atoms with E-state index in [0.29, 0.717) is 10.0 Å². The number of hydrogen-bond donors (Lipinski definition) is 1. The van der Waals surface area contributed by atoms with Gasteiger partial charge in [0.1, 0.15) is 11.6 Å². The lowest BCUT2D eigenvalue weighted by Crippen LogP contribution is -2.05. The number of esters is 1. The predicted molar refractivity (Wildman–Crippen MR) is 51.5 cm³/mol. The Hall–Kier alpha value is -1.10. The minimum Gasteiger partial charge on any atom is -0.508 e. The van der Waals surface area contributed by atoms with Crippen LogP contribution in [0, 0.1) is 5.82 Å². The van der Waals surface area contributed by atoms with Crippen LogP contribution < -0.4 is 0 Å². The largest absolute Gasteiger partial charge is 0.508 e. The number of halogens is 2. The molecule has 0 spiro atoms. The molecule has 0 unspecified atom stereocenters. The van der Waals surface area contributed by atoms with Crippen LogP contribution in [0.15, 0.2) is 16.6 Å². The van der Waals surface area contributed by atoms with Gasteiger partial charge in [-0.3, -0.25) is 4.79 Å². The molecule has 3 nitrogen and oxygen atoms in total. The molecule has 0 aliphatic carbocycles. The van der Waals surface area contributed by atoms with Gasteiger partial charge in [-0.2, -0.15) is 0 Å². The molecule has 0 bridgehead atoms. The molecule has 0 fully saturated rings. The average Bonchev–Trinajstić information content (AvgIpc) is 2.10. The minimum absolute atomic E-state index is 0.0941. The van der Waals surface area contributed by atoms with Crippen LogP contribution in [0.1, 0.15) is 5.56 Å². The van der Waals surface area contributed by atoms with E-state index in [9.17, 15) is 14.3 Å². The summed E-state index contributed by atoms with van der Waals surface area (Å²) in [6.45, 7) is 0. The number of phenolic OH excluding ortho intramolecular Hbond substituents is 1. The molecule has 0 aromatic heterocycles. The molecular formula is C9H8BrFO3. The van der Waals surface area contributed by atoms with E-state index < -0.39 is 11.8 Å². The quantitative estimate of drug-likeness (QED) is 0.830. The lowest BCUT2D eigenvalue weighted by atomic mass is 10.1. The highest BCUT2D eigenvalue weighted by Crippen LogP contribution is 2.27. The molecule has 0 radical (unpaired) electrons. The van der Waals surface area contributed by atoms with Crippen LogP contribution in [0.3, 0.4) is 0 Å². The van der Waals surface area contributed by atoms with Crippen molar-refractivity contribution in [2.24, 2.45) is 0 Å². The molecule has 0 atom stereocenters. The van der Waals surface area contributed by atoms with Gasteiger partial charge in [0.25, 0.3) is 0 Å². The van der Waals surface area contributed by atoms with Crippen molar-refractivity contribution in [3.05, 3.63) is 28.0 Å². The van der Waals surface area contributed by atoms with E-state index in [0.717, 1.165) is 6.07 Å². The first-order valence-corrected chi connectivity index (χ1v) is 4.57. The zero-order valence-corrected chi connectivity index (χ0v) is 8.97. The third-order valence-corrected chi connectivity index (χ3v) is 2.39. The highest BCUT2D eigenvalue weighted by Gasteiger charge is 2.12. The van der Waals surface area contributed by atoms with Gasteiger partial charge in [-0.25, -0.2) is 4.39 Å². The molecule has 14 heavy (non-hydrogen) atoms. The van der Waals surface area contributed by atoms with Crippen LogP contribution in [0.2, 0.25) is 0 Å². The van der Waals surface area contributed by atoms with E-state index in [1.165, 1.54) is 13.2 Å². The highest BCUT2D eigenvalue weighted by molar-refractivity contribution is 9.10. The van der Waals surface area contributed by atoms with Gasteiger partial charge in [-0.15, -0.1) is 0 Å². The number of ether oxygens (including phenoxy) is 1. The van der Waals surface area contributed by atoms with Gasteiger partial charge >= 0.3 is 5.97 Å². The Morgan fingerprint density at radius 3 is 2.79 bits per heavy atom. The van der Waals surface area contributed by atoms with Crippen LogP contribution in [0.25, 0.3) is 0 Å². The number of rotatable bonds is 2. The standard InChI is InChI=1S/C9H8BrFO3/c1-14-9(13)4-6-7(10)2-5(11)3-8(6)12/h2-3,12H,4H2,1H3. The maximum Gasteiger partial charge on any atom is 0.310 e. The van der Waals surface area contributed by atoms with E-state index in [1.807, 2.05) is 0 Å². The fourth-order valence-electron chi connectivity index (χ4n) is 0.981. The minimum atomic E-state index is -0.567. The second-order valence-electron chi connectivity index (χ2n) is 2.64. The first-order valence-electron chi connectivity index (χ1n) is 3.78. The van der Waals surface area contributed by atoms with E-state index >= 15 is 0 Å². The highest BCUT2D eigenvalue weighted by atomic mass is 79.9. The SMILES string of the molecule is COC(=O)Cc1c(O)cc(F)cc1Br. The summed E-state index contributed by atoms with van der Waals surface area (Å²) in [6, 6.07) is 2.13. The zero-order chi connectivity index (χ0) is 10.7. The van der Waals surface area contributed by atoms with Crippen molar-refractivity contribution < 1.29 is 19.0 Å². The van der Waals surface area contributed by atoms with Crippen molar-refractivity contribution in [3.8, 4) is 5.75 Å². The van der Waals surface area contributed by atoms with E-state index in [1.54, 1.807) is 0 Å². The Kier molecular flexibility index (Phi) is 3.46. The van der Waals surface area contributed by atoms with Crippen LogP contribution in [0.4, 0.5) is 4.39 Å². The molecule has 0 aliphatic heterocycles. The van der Waals surface area contributed by atoms with Gasteiger partial charge in [0.15, 0.2) is 0 Å². The van der Waals surface area contributed by atoms with Crippen LogP contribution >= 0.6 is 15.9 Å². The molecule has 1 aromatic carbocycles. The van der Waals surface area contributed by atoms with Crippen molar-refractivity contribution in [1.82, 2.24) is 0 Å². The van der Waals surface area contributed by atoms with Crippen LogP contribution in [-0.2, 0) is 16.0 Å². The molecule has 0 aliphatic rings. The molecule has 0 saturated heterocycles. The zero-order valence-electron chi connectivity index (χ0n) is 7.38. The topological polar surface area (TPSA) is 46.5 Å². The molecule has 0 saturated carbocycles. The first kappa shape index (κ1) is 11.0. The number of phenols is 1. The van der Waals surface area contributed by atoms with Gasteiger partial charge in [0.05, 0.1) is 13.5 Å². The number of methoxy groups -OCH3 is 1. The van der Waals surface area contributed by atoms with E-state index in [4.69, 9.17) is 0 Å². The van der Waals surface area contributed by atoms with Gasteiger partial charge < -0.3 is 9.84 Å². The molecule has 1 aromatic rings. The number of carbonyl (C=O) groups excluding carboxylic acids is 1. The maximum absolute atomic E-state index is 12.7. The first-order chi connectivity index (χ1) is 6.54. The molecule has 1 rings (SSSR count). The lowest BCUT2D eigenvalue weighted by molar-refractivity contribution is -0.139. The molecule has 0 amide bonds. The molecule has 1 N–H and O–H groups in total. The Bertz CT molecular complexity index is 342. The smallest absolute Gasteiger partial charge is 0.310 e. The van der Waals surface area contributed by atoms with Crippen molar-refractivity contribution >= 4 is 21.9 Å². The average molecular weight is 263 g/mol. The third-order valence-electron chi connectivity index (χ3n) is 1.69. The fourth-order valence-corrected chi connectivity index (χ4v) is 1.54. The Morgan fingerprint density at radius 1 is 1.64 bits per heavy atom. The summed E-state index contributed by atoms with van der Waals surface area (Å²) in [7, 11) is 1.25. The summed E-state index contributed by atoms with van der Waals surface area (Å²) in [4.78, 5) is 10.9. The summed E-state index contributed by atoms with van der Waals surface area (Å²) in [5.41, 5.74) is 0.318. The van der Waals surface area contributed by atoms with Gasteiger partial charge in [0, 0.05) is 16.1 Å². The van der Waals surface area contributed by atoms with Gasteiger partial charge in [0.2, 0.25) is 0 Å². The van der Waals surface area contributed by atoms with Gasteiger partial charge in [-0.1, -0.05) is 15.9 Å². The Labute approximate surface area is 88.6 Å². The maximum atomic E-state index is 12.7. The third kappa shape index (κ3) is 2.45. The number of carbonyl (C=O) groups is 1. The second kappa shape index (κ2) is 4.41. The van der Waals surface area contributed by atoms with Crippen molar-refractivity contribution in [2.45, 2.75) is 6.42 Å². The normalized spacial score (nSPS) is 9.93. The number of benzene rings is 1. The van der Waals surface area contributed by atoms with Crippen molar-refractivity contribution in [2.75, 3.05) is 7.11 Å². The Morgan fingerprint density at radius 2 is 2.29 bits per heavy atom. The summed E-state index contributed by atoms with van der Waals surface area (Å²) < 4.78 is 17.5. The predicted octanol–water partition coefficient (Wildman–Crippen LogP) is 2.01. The molecule has 5 heteroatoms. The summed E-state index contributed by atoms with van der Waals surface area (Å²) >= 11 is 3.05. The number of aromatic hydroxyl groups is 1. The van der Waals surface area contributed by atoms with E-state index in [-0.39, 0.29) is 12.2 Å². The summed E-state index contributed by atoms with van der Waals surface area (Å²) in [6.07, 6.45) is -0.0941. The number of hydrogen-bond acceptors (Lipinski definition) is 3. The Balaban J connectivity index is 3.02. The monoisotopic (exact) mass is 262 g/mol. The van der Waals surface area contributed by atoms with Gasteiger partial charge in [-0.05, 0) is 6.07 Å².